The highest BCUT2D eigenvalue weighted by atomic mass is 35.5. The summed E-state index contributed by atoms with van der Waals surface area (Å²) in [5, 5.41) is 16.0. The molecule has 0 amide bonds. The van der Waals surface area contributed by atoms with Crippen LogP contribution in [0, 0.1) is 5.41 Å². The molecule has 1 aliphatic heterocycles. The van der Waals surface area contributed by atoms with Gasteiger partial charge in [-0.05, 0) is 23.8 Å². The van der Waals surface area contributed by atoms with E-state index >= 15 is 0 Å². The largest absolute Gasteiger partial charge is 0.471 e. The molecule has 0 bridgehead atoms. The predicted octanol–water partition coefficient (Wildman–Crippen LogP) is 5.05. The van der Waals surface area contributed by atoms with Crippen molar-refractivity contribution in [3.8, 4) is 28.6 Å². The standard InChI is InChI=1S/C23H15ClF3N5O4/c24-15-8-17(16(28)9-19(15)35-14-5-6-18-20(7-14)34-11-33-18)31-29-10-12-1-3-13(4-2-12)21-30-22(36-32-21)23(25,26)27/h1-9,28-29H,10-11H2/b28-16?,31-17-. The van der Waals surface area contributed by atoms with Gasteiger partial charge in [0, 0.05) is 17.7 Å². The van der Waals surface area contributed by atoms with Crippen molar-refractivity contribution in [3.63, 3.8) is 0 Å². The maximum Gasteiger partial charge on any atom is 0.471 e. The number of hydrogen-bond acceptors (Lipinski definition) is 9. The molecule has 3 aromatic rings. The minimum Gasteiger partial charge on any atom is -0.456 e. The molecule has 36 heavy (non-hydrogen) atoms. The second-order valence-electron chi connectivity index (χ2n) is 7.48. The number of benzene rings is 2. The van der Waals surface area contributed by atoms with Crippen molar-refractivity contribution in [1.29, 1.82) is 5.41 Å². The van der Waals surface area contributed by atoms with Gasteiger partial charge in [-0.2, -0.15) is 23.3 Å². The third-order valence-corrected chi connectivity index (χ3v) is 5.28. The van der Waals surface area contributed by atoms with Crippen LogP contribution in [0.5, 0.6) is 17.2 Å². The quantitative estimate of drug-likeness (QED) is 0.347. The molecule has 0 fully saturated rings. The number of aromatic nitrogens is 2. The molecule has 9 nitrogen and oxygen atoms in total. The first-order valence-corrected chi connectivity index (χ1v) is 10.7. The Morgan fingerprint density at radius 1 is 1.08 bits per heavy atom. The Kier molecular flexibility index (Phi) is 6.10. The van der Waals surface area contributed by atoms with Gasteiger partial charge in [0.1, 0.15) is 17.2 Å². The molecule has 1 aliphatic carbocycles. The van der Waals surface area contributed by atoms with Gasteiger partial charge in [0.25, 0.3) is 0 Å². The van der Waals surface area contributed by atoms with Gasteiger partial charge in [-0.15, -0.1) is 0 Å². The number of fused-ring (bicyclic) bond motifs is 1. The molecular weight excluding hydrogens is 503 g/mol. The fourth-order valence-electron chi connectivity index (χ4n) is 3.22. The predicted molar refractivity (Wildman–Crippen MR) is 122 cm³/mol. The number of allylic oxidation sites excluding steroid dienone is 3. The summed E-state index contributed by atoms with van der Waals surface area (Å²) < 4.78 is 58.5. The summed E-state index contributed by atoms with van der Waals surface area (Å²) in [5.41, 5.74) is 4.36. The van der Waals surface area contributed by atoms with Crippen LogP contribution in [-0.4, -0.2) is 28.4 Å². The van der Waals surface area contributed by atoms with Crippen LogP contribution in [0.15, 0.2) is 75.0 Å². The number of halogens is 4. The summed E-state index contributed by atoms with van der Waals surface area (Å²) in [6.45, 7) is 0.429. The monoisotopic (exact) mass is 517 g/mol. The highest BCUT2D eigenvalue weighted by molar-refractivity contribution is 6.53. The van der Waals surface area contributed by atoms with E-state index in [1.807, 2.05) is 0 Å². The maximum atomic E-state index is 12.6. The first-order valence-electron chi connectivity index (χ1n) is 10.3. The van der Waals surface area contributed by atoms with Gasteiger partial charge in [0.05, 0.1) is 17.3 Å². The number of hydrogen-bond donors (Lipinski definition) is 2. The third kappa shape index (κ3) is 5.03. The fraction of sp³-hybridized carbons (Fsp3) is 0.130. The Labute approximate surface area is 206 Å². The molecule has 184 valence electrons. The summed E-state index contributed by atoms with van der Waals surface area (Å²) in [7, 11) is 0. The van der Waals surface area contributed by atoms with Crippen LogP contribution in [0.25, 0.3) is 11.4 Å². The van der Waals surface area contributed by atoms with Gasteiger partial charge in [0.2, 0.25) is 12.6 Å². The Bertz CT molecular complexity index is 1410. The maximum absolute atomic E-state index is 12.6. The summed E-state index contributed by atoms with van der Waals surface area (Å²) in [6, 6.07) is 11.6. The second kappa shape index (κ2) is 9.38. The van der Waals surface area contributed by atoms with E-state index in [-0.39, 0.29) is 35.7 Å². The summed E-state index contributed by atoms with van der Waals surface area (Å²) >= 11 is 6.33. The van der Waals surface area contributed by atoms with Crippen LogP contribution in [0.3, 0.4) is 0 Å². The van der Waals surface area contributed by atoms with Gasteiger partial charge in [-0.3, -0.25) is 5.41 Å². The Morgan fingerprint density at radius 2 is 1.86 bits per heavy atom. The smallest absolute Gasteiger partial charge is 0.456 e. The minimum atomic E-state index is -4.70. The van der Waals surface area contributed by atoms with Crippen molar-refractivity contribution in [2.45, 2.75) is 12.7 Å². The molecule has 0 saturated carbocycles. The van der Waals surface area contributed by atoms with Gasteiger partial charge in [0.15, 0.2) is 11.5 Å². The molecule has 0 spiro atoms. The van der Waals surface area contributed by atoms with Crippen LogP contribution in [0.1, 0.15) is 11.5 Å². The number of alkyl halides is 3. The minimum absolute atomic E-state index is 0.0792. The summed E-state index contributed by atoms with van der Waals surface area (Å²) in [4.78, 5) is 3.36. The zero-order chi connectivity index (χ0) is 25.3. The van der Waals surface area contributed by atoms with Crippen LogP contribution >= 0.6 is 11.6 Å². The molecule has 5 rings (SSSR count). The van der Waals surface area contributed by atoms with E-state index in [9.17, 15) is 13.2 Å². The highest BCUT2D eigenvalue weighted by Crippen LogP contribution is 2.36. The van der Waals surface area contributed by atoms with E-state index in [0.29, 0.717) is 28.5 Å². The Balaban J connectivity index is 1.19. The van der Waals surface area contributed by atoms with E-state index in [1.165, 1.54) is 12.2 Å². The van der Waals surface area contributed by atoms with Crippen molar-refractivity contribution in [3.05, 3.63) is 76.9 Å². The Morgan fingerprint density at radius 3 is 2.61 bits per heavy atom. The number of nitrogens with zero attached hydrogens (tertiary/aromatic N) is 3. The molecule has 0 saturated heterocycles. The Hall–Kier alpha value is -4.32. The SMILES string of the molecule is N=C1C=C(Oc2ccc3c(c2)OCO3)C(Cl)=C/C1=N/NCc1ccc(-c2noc(C(F)(F)F)n2)cc1. The molecule has 13 heteroatoms. The summed E-state index contributed by atoms with van der Waals surface area (Å²) in [6.07, 6.45) is -1.76. The zero-order valence-electron chi connectivity index (χ0n) is 18.1. The van der Waals surface area contributed by atoms with Gasteiger partial charge in [-0.1, -0.05) is 41.0 Å². The van der Waals surface area contributed by atoms with Crippen molar-refractivity contribution in [2.24, 2.45) is 5.10 Å². The molecule has 0 unspecified atom stereocenters. The lowest BCUT2D eigenvalue weighted by molar-refractivity contribution is -0.159. The molecule has 2 aromatic carbocycles. The molecule has 1 aromatic heterocycles. The topological polar surface area (TPSA) is 115 Å². The van der Waals surface area contributed by atoms with E-state index < -0.39 is 12.1 Å². The van der Waals surface area contributed by atoms with E-state index in [4.69, 9.17) is 31.2 Å². The third-order valence-electron chi connectivity index (χ3n) is 4.99. The molecule has 2 aliphatic rings. The van der Waals surface area contributed by atoms with E-state index in [0.717, 1.165) is 5.56 Å². The molecule has 0 atom stereocenters. The van der Waals surface area contributed by atoms with Gasteiger partial charge < -0.3 is 24.2 Å². The lowest BCUT2D eigenvalue weighted by atomic mass is 10.1. The first kappa shape index (κ1) is 23.4. The van der Waals surface area contributed by atoms with E-state index in [1.54, 1.807) is 42.5 Å². The molecular formula is C23H15ClF3N5O4. The van der Waals surface area contributed by atoms with Crippen molar-refractivity contribution in [1.82, 2.24) is 15.6 Å². The van der Waals surface area contributed by atoms with Crippen molar-refractivity contribution < 1.29 is 31.9 Å². The average Bonchev–Trinajstić information content (AvgIpc) is 3.52. The second-order valence-corrected chi connectivity index (χ2v) is 7.89. The number of nitrogens with one attached hydrogen (secondary N) is 2. The molecule has 2 heterocycles. The first-order chi connectivity index (χ1) is 17.3. The zero-order valence-corrected chi connectivity index (χ0v) is 18.9. The number of hydrazone groups is 1. The summed E-state index contributed by atoms with van der Waals surface area (Å²) in [5.74, 6) is 0.367. The van der Waals surface area contributed by atoms with Crippen LogP contribution in [0.4, 0.5) is 13.2 Å². The number of rotatable bonds is 6. The van der Waals surface area contributed by atoms with Crippen molar-refractivity contribution >= 4 is 23.0 Å². The lowest BCUT2D eigenvalue weighted by Gasteiger charge is -2.15. The average molecular weight is 518 g/mol. The lowest BCUT2D eigenvalue weighted by Crippen LogP contribution is -2.19. The molecule has 2 N–H and O–H groups in total. The fourth-order valence-corrected chi connectivity index (χ4v) is 3.42. The normalized spacial score (nSPS) is 16.1. The van der Waals surface area contributed by atoms with Crippen LogP contribution in [-0.2, 0) is 12.7 Å². The van der Waals surface area contributed by atoms with Crippen LogP contribution < -0.4 is 19.6 Å². The van der Waals surface area contributed by atoms with E-state index in [2.05, 4.69) is 25.2 Å². The van der Waals surface area contributed by atoms with Gasteiger partial charge >= 0.3 is 12.1 Å². The number of ether oxygens (including phenoxy) is 3. The van der Waals surface area contributed by atoms with Crippen LogP contribution in [0.2, 0.25) is 0 Å². The van der Waals surface area contributed by atoms with Gasteiger partial charge in [-0.25, -0.2) is 0 Å². The van der Waals surface area contributed by atoms with Crippen molar-refractivity contribution in [2.75, 3.05) is 6.79 Å². The molecule has 0 radical (unpaired) electrons. The highest BCUT2D eigenvalue weighted by Gasteiger charge is 2.38.